The Morgan fingerprint density at radius 2 is 1.89 bits per heavy atom. The smallest absolute Gasteiger partial charge is 0.317 e. The topological polar surface area (TPSA) is 48.1 Å². The number of para-hydroxylation sites is 2. The first-order valence-electron chi connectivity index (χ1n) is 10.5. The van der Waals surface area contributed by atoms with Crippen molar-refractivity contribution in [2.45, 2.75) is 32.2 Å². The molecule has 1 aliphatic carbocycles. The fourth-order valence-corrected chi connectivity index (χ4v) is 4.29. The second-order valence-electron chi connectivity index (χ2n) is 7.94. The van der Waals surface area contributed by atoms with Crippen LogP contribution in [0.15, 0.2) is 24.3 Å². The molecule has 1 aromatic rings. The summed E-state index contributed by atoms with van der Waals surface area (Å²) in [6, 6.07) is 9.11. The lowest BCUT2D eigenvalue weighted by atomic mass is 10.1. The van der Waals surface area contributed by atoms with Crippen LogP contribution >= 0.6 is 0 Å². The number of piperazine rings is 1. The van der Waals surface area contributed by atoms with E-state index in [2.05, 4.69) is 21.2 Å². The Balaban J connectivity index is 1.22. The molecule has 2 heterocycles. The van der Waals surface area contributed by atoms with Crippen LogP contribution in [0.3, 0.4) is 0 Å². The van der Waals surface area contributed by atoms with Crippen molar-refractivity contribution in [1.82, 2.24) is 15.1 Å². The van der Waals surface area contributed by atoms with Gasteiger partial charge in [-0.25, -0.2) is 4.79 Å². The molecule has 0 bridgehead atoms. The first-order chi connectivity index (χ1) is 13.2. The highest BCUT2D eigenvalue weighted by molar-refractivity contribution is 5.74. The summed E-state index contributed by atoms with van der Waals surface area (Å²) in [7, 11) is 0. The molecule has 27 heavy (non-hydrogen) atoms. The number of benzene rings is 1. The van der Waals surface area contributed by atoms with Crippen molar-refractivity contribution in [1.29, 1.82) is 0 Å². The zero-order chi connectivity index (χ0) is 18.6. The quantitative estimate of drug-likeness (QED) is 0.833. The van der Waals surface area contributed by atoms with Gasteiger partial charge in [-0.2, -0.15) is 0 Å². The molecule has 1 atom stereocenters. The number of rotatable bonds is 6. The van der Waals surface area contributed by atoms with E-state index in [1.165, 1.54) is 25.8 Å². The summed E-state index contributed by atoms with van der Waals surface area (Å²) in [6.07, 6.45) is 3.96. The average molecular weight is 373 g/mol. The van der Waals surface area contributed by atoms with Gasteiger partial charge in [-0.3, -0.25) is 0 Å². The molecule has 0 radical (unpaired) electrons. The van der Waals surface area contributed by atoms with Gasteiger partial charge < -0.3 is 24.8 Å². The number of carbonyl (C=O) groups is 1. The molecule has 2 saturated heterocycles. The molecule has 1 aromatic carbocycles. The fourth-order valence-electron chi connectivity index (χ4n) is 4.29. The molecule has 4 rings (SSSR count). The minimum Gasteiger partial charge on any atom is -0.492 e. The summed E-state index contributed by atoms with van der Waals surface area (Å²) in [5.74, 6) is 1.55. The van der Waals surface area contributed by atoms with Gasteiger partial charge in [0.05, 0.1) is 12.3 Å². The summed E-state index contributed by atoms with van der Waals surface area (Å²) in [5, 5.41) is 3.18. The van der Waals surface area contributed by atoms with E-state index in [4.69, 9.17) is 4.74 Å². The SMILES string of the molecule is CCOc1ccccc1N1CCN(C(=O)NC[C@@H]2CCN(C3CC3)C2)CC1. The molecule has 6 heteroatoms. The molecule has 3 fully saturated rings. The number of urea groups is 1. The lowest BCUT2D eigenvalue weighted by Gasteiger charge is -2.36. The van der Waals surface area contributed by atoms with Crippen LogP contribution in [-0.2, 0) is 0 Å². The summed E-state index contributed by atoms with van der Waals surface area (Å²) in [4.78, 5) is 19.4. The van der Waals surface area contributed by atoms with Crippen molar-refractivity contribution in [2.75, 3.05) is 57.3 Å². The van der Waals surface area contributed by atoms with Crippen LogP contribution < -0.4 is 15.0 Å². The number of hydrogen-bond donors (Lipinski definition) is 1. The normalized spacial score (nSPS) is 23.5. The Morgan fingerprint density at radius 3 is 2.63 bits per heavy atom. The van der Waals surface area contributed by atoms with Crippen molar-refractivity contribution in [3.8, 4) is 5.75 Å². The standard InChI is InChI=1S/C21H32N4O2/c1-2-27-20-6-4-3-5-19(20)23-11-13-24(14-12-23)21(26)22-15-17-9-10-25(16-17)18-7-8-18/h3-6,17-18H,2,7-16H2,1H3,(H,22,26)/t17-/m0/s1. The van der Waals surface area contributed by atoms with Gasteiger partial charge in [0.15, 0.2) is 0 Å². The highest BCUT2D eigenvalue weighted by atomic mass is 16.5. The van der Waals surface area contributed by atoms with Gasteiger partial charge in [0.2, 0.25) is 0 Å². The third-order valence-electron chi connectivity index (χ3n) is 6.00. The van der Waals surface area contributed by atoms with E-state index in [9.17, 15) is 4.79 Å². The third kappa shape index (κ3) is 4.49. The second kappa shape index (κ2) is 8.38. The highest BCUT2D eigenvalue weighted by Crippen LogP contribution is 2.31. The Morgan fingerprint density at radius 1 is 1.11 bits per heavy atom. The molecule has 3 aliphatic rings. The van der Waals surface area contributed by atoms with Crippen molar-refractivity contribution in [3.63, 3.8) is 0 Å². The van der Waals surface area contributed by atoms with E-state index in [0.717, 1.165) is 56.7 Å². The van der Waals surface area contributed by atoms with Gasteiger partial charge in [0, 0.05) is 45.3 Å². The first kappa shape index (κ1) is 18.4. The van der Waals surface area contributed by atoms with E-state index in [-0.39, 0.29) is 6.03 Å². The number of likely N-dealkylation sites (tertiary alicyclic amines) is 1. The van der Waals surface area contributed by atoms with E-state index in [1.54, 1.807) is 0 Å². The van der Waals surface area contributed by atoms with Crippen molar-refractivity contribution < 1.29 is 9.53 Å². The molecule has 0 aromatic heterocycles. The molecule has 1 N–H and O–H groups in total. The van der Waals surface area contributed by atoms with Gasteiger partial charge in [-0.1, -0.05) is 12.1 Å². The van der Waals surface area contributed by atoms with Crippen LogP contribution in [0, 0.1) is 5.92 Å². The van der Waals surface area contributed by atoms with Gasteiger partial charge >= 0.3 is 6.03 Å². The maximum Gasteiger partial charge on any atom is 0.317 e. The van der Waals surface area contributed by atoms with Crippen molar-refractivity contribution >= 4 is 11.7 Å². The van der Waals surface area contributed by atoms with E-state index < -0.39 is 0 Å². The van der Waals surface area contributed by atoms with E-state index >= 15 is 0 Å². The van der Waals surface area contributed by atoms with Gasteiger partial charge in [0.1, 0.15) is 5.75 Å². The van der Waals surface area contributed by atoms with Crippen LogP contribution in [0.5, 0.6) is 5.75 Å². The lowest BCUT2D eigenvalue weighted by molar-refractivity contribution is 0.192. The zero-order valence-corrected chi connectivity index (χ0v) is 16.4. The molecule has 1 saturated carbocycles. The summed E-state index contributed by atoms with van der Waals surface area (Å²) in [5.41, 5.74) is 1.13. The van der Waals surface area contributed by atoms with Crippen molar-refractivity contribution in [3.05, 3.63) is 24.3 Å². The molecule has 2 amide bonds. The summed E-state index contributed by atoms with van der Waals surface area (Å²) in [6.45, 7) is 9.06. The van der Waals surface area contributed by atoms with Crippen LogP contribution in [0.4, 0.5) is 10.5 Å². The van der Waals surface area contributed by atoms with Crippen molar-refractivity contribution in [2.24, 2.45) is 5.92 Å². The van der Waals surface area contributed by atoms with Gasteiger partial charge in [-0.15, -0.1) is 0 Å². The predicted molar refractivity (Wildman–Crippen MR) is 107 cm³/mol. The van der Waals surface area contributed by atoms with Crippen LogP contribution in [0.2, 0.25) is 0 Å². The average Bonchev–Trinajstić information content (AvgIpc) is 3.45. The minimum atomic E-state index is 0.0950. The number of nitrogens with zero attached hydrogens (tertiary/aromatic N) is 3. The Kier molecular flexibility index (Phi) is 5.72. The lowest BCUT2D eigenvalue weighted by Crippen LogP contribution is -2.52. The van der Waals surface area contributed by atoms with Gasteiger partial charge in [0.25, 0.3) is 0 Å². The molecule has 0 unspecified atom stereocenters. The second-order valence-corrected chi connectivity index (χ2v) is 7.94. The first-order valence-corrected chi connectivity index (χ1v) is 10.5. The summed E-state index contributed by atoms with van der Waals surface area (Å²) < 4.78 is 5.75. The molecule has 2 aliphatic heterocycles. The van der Waals surface area contributed by atoms with Gasteiger partial charge in [-0.05, 0) is 50.8 Å². The predicted octanol–water partition coefficient (Wildman–Crippen LogP) is 2.40. The number of ether oxygens (including phenoxy) is 1. The molecular weight excluding hydrogens is 340 g/mol. The molecule has 6 nitrogen and oxygen atoms in total. The molecule has 148 valence electrons. The molecular formula is C21H32N4O2. The number of hydrogen-bond acceptors (Lipinski definition) is 4. The fraction of sp³-hybridized carbons (Fsp3) is 0.667. The minimum absolute atomic E-state index is 0.0950. The Bertz CT molecular complexity index is 641. The number of anilines is 1. The summed E-state index contributed by atoms with van der Waals surface area (Å²) >= 11 is 0. The Hall–Kier alpha value is -1.95. The van der Waals surface area contributed by atoms with Crippen LogP contribution in [0.25, 0.3) is 0 Å². The molecule has 0 spiro atoms. The zero-order valence-electron chi connectivity index (χ0n) is 16.4. The largest absolute Gasteiger partial charge is 0.492 e. The highest BCUT2D eigenvalue weighted by Gasteiger charge is 2.34. The van der Waals surface area contributed by atoms with Crippen LogP contribution in [0.1, 0.15) is 26.2 Å². The third-order valence-corrected chi connectivity index (χ3v) is 6.00. The number of nitrogens with one attached hydrogen (secondary N) is 1. The van der Waals surface area contributed by atoms with Crippen LogP contribution in [-0.4, -0.2) is 74.3 Å². The van der Waals surface area contributed by atoms with E-state index in [0.29, 0.717) is 12.5 Å². The number of carbonyl (C=O) groups excluding carboxylic acids is 1. The Labute approximate surface area is 162 Å². The maximum atomic E-state index is 12.6. The number of amides is 2. The van der Waals surface area contributed by atoms with E-state index in [1.807, 2.05) is 30.0 Å². The maximum absolute atomic E-state index is 12.6. The monoisotopic (exact) mass is 372 g/mol.